The Morgan fingerprint density at radius 1 is 1.14 bits per heavy atom. The maximum atomic E-state index is 12.2. The number of carboxylic acids is 1. The molecule has 1 heterocycles. The fourth-order valence-corrected chi connectivity index (χ4v) is 5.69. The van der Waals surface area contributed by atoms with Crippen molar-refractivity contribution >= 4 is 29.0 Å². The predicted octanol–water partition coefficient (Wildman–Crippen LogP) is 3.97. The number of amides is 1. The van der Waals surface area contributed by atoms with E-state index in [1.165, 1.54) is 6.92 Å². The molecule has 2 aliphatic carbocycles. The molecule has 0 saturated heterocycles. The number of benzene rings is 1. The van der Waals surface area contributed by atoms with Crippen LogP contribution in [0.2, 0.25) is 0 Å². The number of aliphatic carboxylic acids is 1. The normalized spacial score (nSPS) is 32.8. The van der Waals surface area contributed by atoms with E-state index in [9.17, 15) is 14.7 Å². The van der Waals surface area contributed by atoms with Gasteiger partial charge in [-0.05, 0) is 41.9 Å². The van der Waals surface area contributed by atoms with Gasteiger partial charge in [0.15, 0.2) is 0 Å². The lowest BCUT2D eigenvalue weighted by atomic mass is 9.70. The van der Waals surface area contributed by atoms with Crippen molar-refractivity contribution in [1.82, 2.24) is 0 Å². The Hall–Kier alpha value is -2.50. The largest absolute Gasteiger partial charge is 0.481 e. The van der Waals surface area contributed by atoms with E-state index in [1.807, 2.05) is 24.3 Å². The average molecular weight is 381 g/mol. The van der Waals surface area contributed by atoms with Crippen LogP contribution in [-0.2, 0) is 9.59 Å². The smallest absolute Gasteiger partial charge is 0.307 e. The topological polar surface area (TPSA) is 91.1 Å². The van der Waals surface area contributed by atoms with E-state index < -0.39 is 11.9 Å². The van der Waals surface area contributed by atoms with Crippen molar-refractivity contribution in [2.24, 2.45) is 38.8 Å². The number of hydrogen-bond acceptors (Lipinski definition) is 4. The van der Waals surface area contributed by atoms with E-state index in [-0.39, 0.29) is 22.7 Å². The van der Waals surface area contributed by atoms with Crippen LogP contribution in [0.1, 0.15) is 52.5 Å². The standard InChI is InChI=1S/C22H27N3O3/c1-12(26)23-14-7-5-13(6-8-14)17-11-15(20(27)28)18-16-9-10-22(4,21(16,2)3)19(18)25-24-17/h5-8,15-16,18H,9-11H2,1-4H3,(H,23,26)(H,27,28)/t15-,16?,18?,22?/m0/s1. The Morgan fingerprint density at radius 2 is 1.82 bits per heavy atom. The molecule has 2 N–H and O–H groups in total. The Bertz CT molecular complexity index is 900. The zero-order valence-corrected chi connectivity index (χ0v) is 16.8. The van der Waals surface area contributed by atoms with Crippen molar-refractivity contribution in [1.29, 1.82) is 0 Å². The van der Waals surface area contributed by atoms with Gasteiger partial charge in [0.25, 0.3) is 0 Å². The van der Waals surface area contributed by atoms with Crippen LogP contribution >= 0.6 is 0 Å². The lowest BCUT2D eigenvalue weighted by Gasteiger charge is -2.34. The van der Waals surface area contributed by atoms with Crippen LogP contribution in [0.4, 0.5) is 5.69 Å². The number of carboxylic acid groups (broad SMARTS) is 1. The molecule has 2 saturated carbocycles. The van der Waals surface area contributed by atoms with E-state index in [4.69, 9.17) is 0 Å². The zero-order chi connectivity index (χ0) is 20.3. The summed E-state index contributed by atoms with van der Waals surface area (Å²) in [5.74, 6) is -1.13. The van der Waals surface area contributed by atoms with Gasteiger partial charge in [0.1, 0.15) is 0 Å². The first-order valence-corrected chi connectivity index (χ1v) is 9.91. The van der Waals surface area contributed by atoms with Crippen molar-refractivity contribution in [2.75, 3.05) is 5.32 Å². The molecule has 4 rings (SSSR count). The second kappa shape index (κ2) is 6.26. The molecule has 4 atom stereocenters. The van der Waals surface area contributed by atoms with Crippen LogP contribution < -0.4 is 5.32 Å². The third-order valence-corrected chi connectivity index (χ3v) is 7.60. The molecule has 0 radical (unpaired) electrons. The third kappa shape index (κ3) is 2.61. The van der Waals surface area contributed by atoms with Crippen molar-refractivity contribution in [2.45, 2.75) is 47.0 Å². The van der Waals surface area contributed by atoms with Crippen LogP contribution in [0.5, 0.6) is 0 Å². The van der Waals surface area contributed by atoms with Gasteiger partial charge in [-0.2, -0.15) is 10.2 Å². The maximum Gasteiger partial charge on any atom is 0.307 e. The maximum absolute atomic E-state index is 12.2. The highest BCUT2D eigenvalue weighted by molar-refractivity contribution is 6.07. The van der Waals surface area contributed by atoms with Gasteiger partial charge < -0.3 is 10.4 Å². The van der Waals surface area contributed by atoms with Gasteiger partial charge in [0.2, 0.25) is 5.91 Å². The monoisotopic (exact) mass is 381 g/mol. The average Bonchev–Trinajstić information content (AvgIpc) is 2.85. The highest BCUT2D eigenvalue weighted by atomic mass is 16.4. The second-order valence-electron chi connectivity index (χ2n) is 9.16. The molecule has 0 aromatic heterocycles. The predicted molar refractivity (Wildman–Crippen MR) is 109 cm³/mol. The quantitative estimate of drug-likeness (QED) is 0.830. The van der Waals surface area contributed by atoms with Crippen molar-refractivity contribution < 1.29 is 14.7 Å². The van der Waals surface area contributed by atoms with Crippen molar-refractivity contribution in [3.8, 4) is 0 Å². The number of nitrogens with one attached hydrogen (secondary N) is 1. The van der Waals surface area contributed by atoms with Gasteiger partial charge in [0.05, 0.1) is 17.3 Å². The molecule has 3 unspecified atom stereocenters. The third-order valence-electron chi connectivity index (χ3n) is 7.60. The fraction of sp³-hybridized carbons (Fsp3) is 0.545. The van der Waals surface area contributed by atoms with Gasteiger partial charge in [0, 0.05) is 30.4 Å². The fourth-order valence-electron chi connectivity index (χ4n) is 5.69. The highest BCUT2D eigenvalue weighted by Gasteiger charge is 2.67. The molecule has 1 aromatic rings. The number of fused-ring (bicyclic) bond motifs is 5. The van der Waals surface area contributed by atoms with Gasteiger partial charge >= 0.3 is 5.97 Å². The lowest BCUT2D eigenvalue weighted by molar-refractivity contribution is -0.143. The summed E-state index contributed by atoms with van der Waals surface area (Å²) in [5, 5.41) is 22.0. The molecule has 6 heteroatoms. The molecule has 1 aliphatic heterocycles. The number of anilines is 1. The van der Waals surface area contributed by atoms with E-state index in [0.29, 0.717) is 23.7 Å². The summed E-state index contributed by atoms with van der Waals surface area (Å²) >= 11 is 0. The Labute approximate surface area is 165 Å². The van der Waals surface area contributed by atoms with Crippen LogP contribution in [0.15, 0.2) is 34.5 Å². The molecule has 6 nitrogen and oxygen atoms in total. The van der Waals surface area contributed by atoms with Gasteiger partial charge in [-0.3, -0.25) is 9.59 Å². The first kappa shape index (κ1) is 18.8. The Morgan fingerprint density at radius 3 is 2.43 bits per heavy atom. The summed E-state index contributed by atoms with van der Waals surface area (Å²) in [6.07, 6.45) is 2.47. The molecule has 2 bridgehead atoms. The van der Waals surface area contributed by atoms with Crippen LogP contribution in [0, 0.1) is 28.6 Å². The minimum absolute atomic E-state index is 0.0389. The molecule has 148 valence electrons. The second-order valence-corrected chi connectivity index (χ2v) is 9.16. The molecule has 2 fully saturated rings. The van der Waals surface area contributed by atoms with E-state index in [1.54, 1.807) is 0 Å². The summed E-state index contributed by atoms with van der Waals surface area (Å²) < 4.78 is 0. The van der Waals surface area contributed by atoms with Crippen LogP contribution in [0.3, 0.4) is 0 Å². The number of rotatable bonds is 3. The Kier molecular flexibility index (Phi) is 4.21. The minimum atomic E-state index is -0.769. The van der Waals surface area contributed by atoms with Crippen molar-refractivity contribution in [3.05, 3.63) is 29.8 Å². The summed E-state index contributed by atoms with van der Waals surface area (Å²) in [6, 6.07) is 7.35. The molecule has 1 amide bonds. The lowest BCUT2D eigenvalue weighted by Crippen LogP contribution is -2.37. The first-order chi connectivity index (χ1) is 13.1. The van der Waals surface area contributed by atoms with Gasteiger partial charge in [-0.25, -0.2) is 0 Å². The number of nitrogens with zero attached hydrogens (tertiary/aromatic N) is 2. The molecule has 28 heavy (non-hydrogen) atoms. The summed E-state index contributed by atoms with van der Waals surface area (Å²) in [6.45, 7) is 8.21. The van der Waals surface area contributed by atoms with Crippen LogP contribution in [-0.4, -0.2) is 28.4 Å². The van der Waals surface area contributed by atoms with Crippen molar-refractivity contribution in [3.63, 3.8) is 0 Å². The summed E-state index contributed by atoms with van der Waals surface area (Å²) in [5.41, 5.74) is 3.18. The minimum Gasteiger partial charge on any atom is -0.481 e. The zero-order valence-electron chi connectivity index (χ0n) is 16.8. The van der Waals surface area contributed by atoms with Gasteiger partial charge in [-0.15, -0.1) is 0 Å². The van der Waals surface area contributed by atoms with Gasteiger partial charge in [-0.1, -0.05) is 32.9 Å². The van der Waals surface area contributed by atoms with E-state index in [2.05, 4.69) is 36.3 Å². The molecular formula is C22H27N3O3. The SMILES string of the molecule is CC(=O)Nc1ccc(C2=NN=C3C(C4CCC3(C)C4(C)C)[C@@H](C(=O)O)C2)cc1. The van der Waals surface area contributed by atoms with E-state index >= 15 is 0 Å². The number of hydrogen-bond donors (Lipinski definition) is 2. The first-order valence-electron chi connectivity index (χ1n) is 9.91. The highest BCUT2D eigenvalue weighted by Crippen LogP contribution is 2.68. The number of carbonyl (C=O) groups excluding carboxylic acids is 1. The summed E-state index contributed by atoms with van der Waals surface area (Å²) in [7, 11) is 0. The van der Waals surface area contributed by atoms with Crippen LogP contribution in [0.25, 0.3) is 0 Å². The summed E-state index contributed by atoms with van der Waals surface area (Å²) in [4.78, 5) is 23.4. The number of carbonyl (C=O) groups is 2. The Balaban J connectivity index is 1.73. The molecular weight excluding hydrogens is 354 g/mol. The molecule has 1 aromatic carbocycles. The van der Waals surface area contributed by atoms with E-state index in [0.717, 1.165) is 24.1 Å². The molecule has 3 aliphatic rings. The molecule has 0 spiro atoms.